The van der Waals surface area contributed by atoms with E-state index in [0.717, 1.165) is 28.6 Å². The minimum absolute atomic E-state index is 0.236. The highest BCUT2D eigenvalue weighted by atomic mass is 19.1. The Balaban J connectivity index is 1.68. The van der Waals surface area contributed by atoms with Crippen LogP contribution in [0.4, 0.5) is 14.5 Å². The van der Waals surface area contributed by atoms with Crippen LogP contribution < -0.4 is 5.32 Å². The van der Waals surface area contributed by atoms with Gasteiger partial charge in [0.2, 0.25) is 11.7 Å². The fourth-order valence-corrected chi connectivity index (χ4v) is 2.35. The van der Waals surface area contributed by atoms with Crippen molar-refractivity contribution in [3.63, 3.8) is 0 Å². The number of tetrazole rings is 1. The van der Waals surface area contributed by atoms with Crippen molar-refractivity contribution in [1.82, 2.24) is 20.2 Å². The van der Waals surface area contributed by atoms with E-state index in [1.807, 2.05) is 24.3 Å². The molecule has 2 aromatic carbocycles. The van der Waals surface area contributed by atoms with Crippen LogP contribution in [0.5, 0.6) is 0 Å². The molecule has 134 valence electrons. The summed E-state index contributed by atoms with van der Waals surface area (Å²) in [4.78, 5) is 13.1. The van der Waals surface area contributed by atoms with Crippen molar-refractivity contribution in [2.45, 2.75) is 26.3 Å². The van der Waals surface area contributed by atoms with Crippen LogP contribution in [0.3, 0.4) is 0 Å². The van der Waals surface area contributed by atoms with E-state index in [1.165, 1.54) is 5.56 Å². The minimum atomic E-state index is -0.725. The fourth-order valence-electron chi connectivity index (χ4n) is 2.35. The Kier molecular flexibility index (Phi) is 5.01. The quantitative estimate of drug-likeness (QED) is 0.760. The highest BCUT2D eigenvalue weighted by Gasteiger charge is 2.12. The summed E-state index contributed by atoms with van der Waals surface area (Å²) in [5.74, 6) is -1.16. The van der Waals surface area contributed by atoms with Crippen LogP contribution >= 0.6 is 0 Å². The van der Waals surface area contributed by atoms with E-state index in [9.17, 15) is 13.6 Å². The van der Waals surface area contributed by atoms with Crippen LogP contribution in [0.15, 0.2) is 42.5 Å². The Morgan fingerprint density at radius 2 is 1.88 bits per heavy atom. The maximum Gasteiger partial charge on any atom is 0.248 e. The lowest BCUT2D eigenvalue weighted by Crippen LogP contribution is -2.21. The van der Waals surface area contributed by atoms with Crippen molar-refractivity contribution in [1.29, 1.82) is 0 Å². The molecule has 0 aliphatic carbocycles. The number of halogens is 2. The van der Waals surface area contributed by atoms with Crippen molar-refractivity contribution in [2.24, 2.45) is 0 Å². The number of hydrogen-bond acceptors (Lipinski definition) is 4. The summed E-state index contributed by atoms with van der Waals surface area (Å²) in [5, 5.41) is 14.2. The molecular formula is C18H17F2N5O. The maximum atomic E-state index is 13.6. The molecule has 1 aromatic heterocycles. The van der Waals surface area contributed by atoms with Gasteiger partial charge in [-0.25, -0.2) is 8.78 Å². The van der Waals surface area contributed by atoms with Crippen LogP contribution in [-0.4, -0.2) is 26.1 Å². The molecule has 0 aliphatic rings. The molecule has 0 bridgehead atoms. The van der Waals surface area contributed by atoms with Gasteiger partial charge in [-0.3, -0.25) is 4.79 Å². The first-order chi connectivity index (χ1) is 12.4. The lowest BCUT2D eigenvalue weighted by Gasteiger charge is -2.06. The zero-order valence-electron chi connectivity index (χ0n) is 14.3. The topological polar surface area (TPSA) is 72.7 Å². The second-order valence-corrected chi connectivity index (χ2v) is 6.09. The lowest BCUT2D eigenvalue weighted by molar-refractivity contribution is -0.117. The van der Waals surface area contributed by atoms with E-state index >= 15 is 0 Å². The van der Waals surface area contributed by atoms with E-state index in [0.29, 0.717) is 11.7 Å². The van der Waals surface area contributed by atoms with Gasteiger partial charge in [-0.05, 0) is 28.8 Å². The van der Waals surface area contributed by atoms with Gasteiger partial charge in [-0.15, -0.1) is 10.2 Å². The van der Waals surface area contributed by atoms with Gasteiger partial charge < -0.3 is 5.32 Å². The SMILES string of the molecule is CC(C)c1ccc(-c2nnn(CC(=O)Nc3cc(F)ccc3F)n2)cc1. The zero-order valence-corrected chi connectivity index (χ0v) is 14.3. The van der Waals surface area contributed by atoms with Crippen LogP contribution in [0.1, 0.15) is 25.3 Å². The average molecular weight is 357 g/mol. The van der Waals surface area contributed by atoms with Gasteiger partial charge in [0.05, 0.1) is 5.69 Å². The third-order valence-corrected chi connectivity index (χ3v) is 3.78. The summed E-state index contributed by atoms with van der Waals surface area (Å²) in [5.41, 5.74) is 1.73. The van der Waals surface area contributed by atoms with Gasteiger partial charge in [0.15, 0.2) is 0 Å². The first-order valence-corrected chi connectivity index (χ1v) is 8.05. The largest absolute Gasteiger partial charge is 0.322 e. The molecule has 0 aliphatic heterocycles. The van der Waals surface area contributed by atoms with Gasteiger partial charge in [0.25, 0.3) is 0 Å². The Morgan fingerprint density at radius 3 is 2.58 bits per heavy atom. The number of nitrogens with one attached hydrogen (secondary N) is 1. The molecule has 0 radical (unpaired) electrons. The molecule has 1 N–H and O–H groups in total. The third-order valence-electron chi connectivity index (χ3n) is 3.78. The van der Waals surface area contributed by atoms with Crippen molar-refractivity contribution in [3.8, 4) is 11.4 Å². The first-order valence-electron chi connectivity index (χ1n) is 8.05. The molecule has 0 unspecified atom stereocenters. The van der Waals surface area contributed by atoms with E-state index in [4.69, 9.17) is 0 Å². The molecule has 1 heterocycles. The van der Waals surface area contributed by atoms with Crippen molar-refractivity contribution in [3.05, 3.63) is 59.7 Å². The molecule has 3 rings (SSSR count). The Labute approximate surface area is 148 Å². The van der Waals surface area contributed by atoms with Gasteiger partial charge in [-0.2, -0.15) is 4.80 Å². The number of carbonyl (C=O) groups excluding carboxylic acids is 1. The molecule has 0 saturated heterocycles. The highest BCUT2D eigenvalue weighted by Crippen LogP contribution is 2.19. The highest BCUT2D eigenvalue weighted by molar-refractivity contribution is 5.90. The Bertz CT molecular complexity index is 922. The molecule has 0 saturated carbocycles. The molecule has 1 amide bonds. The van der Waals surface area contributed by atoms with Crippen LogP contribution in [0, 0.1) is 11.6 Å². The van der Waals surface area contributed by atoms with E-state index < -0.39 is 17.5 Å². The third kappa shape index (κ3) is 4.08. The fraction of sp³-hybridized carbons (Fsp3) is 0.222. The van der Waals surface area contributed by atoms with E-state index in [2.05, 4.69) is 34.6 Å². The maximum absolute atomic E-state index is 13.6. The standard InChI is InChI=1S/C18H17F2N5O/c1-11(2)12-3-5-13(6-4-12)18-22-24-25(23-18)10-17(26)21-16-9-14(19)7-8-15(16)20/h3-9,11H,10H2,1-2H3,(H,21,26). The number of anilines is 1. The first kappa shape index (κ1) is 17.7. The second kappa shape index (κ2) is 7.38. The molecule has 0 spiro atoms. The smallest absolute Gasteiger partial charge is 0.248 e. The number of amides is 1. The van der Waals surface area contributed by atoms with E-state index in [1.54, 1.807) is 0 Å². The predicted octanol–water partition coefficient (Wildman–Crippen LogP) is 3.38. The van der Waals surface area contributed by atoms with Gasteiger partial charge in [0, 0.05) is 11.6 Å². The normalized spacial score (nSPS) is 11.0. The molecule has 3 aromatic rings. The van der Waals surface area contributed by atoms with Crippen molar-refractivity contribution < 1.29 is 13.6 Å². The molecule has 6 nitrogen and oxygen atoms in total. The van der Waals surface area contributed by atoms with Gasteiger partial charge in [-0.1, -0.05) is 38.1 Å². The van der Waals surface area contributed by atoms with E-state index in [-0.39, 0.29) is 12.2 Å². The summed E-state index contributed by atoms with van der Waals surface area (Å²) in [7, 11) is 0. The predicted molar refractivity (Wildman–Crippen MR) is 92.3 cm³/mol. The monoisotopic (exact) mass is 357 g/mol. The number of nitrogens with zero attached hydrogens (tertiary/aromatic N) is 4. The second-order valence-electron chi connectivity index (χ2n) is 6.09. The average Bonchev–Trinajstić information content (AvgIpc) is 3.06. The number of hydrogen-bond donors (Lipinski definition) is 1. The summed E-state index contributed by atoms with van der Waals surface area (Å²) in [6.07, 6.45) is 0. The molecular weight excluding hydrogens is 340 g/mol. The summed E-state index contributed by atoms with van der Waals surface area (Å²) in [6.45, 7) is 3.93. The molecule has 0 fully saturated rings. The summed E-state index contributed by atoms with van der Waals surface area (Å²) >= 11 is 0. The van der Waals surface area contributed by atoms with Crippen LogP contribution in [0.2, 0.25) is 0 Å². The Hall–Kier alpha value is -3.16. The zero-order chi connectivity index (χ0) is 18.7. The number of rotatable bonds is 5. The molecule has 8 heteroatoms. The Morgan fingerprint density at radius 1 is 1.15 bits per heavy atom. The van der Waals surface area contributed by atoms with Crippen molar-refractivity contribution in [2.75, 3.05) is 5.32 Å². The number of carbonyl (C=O) groups is 1. The van der Waals surface area contributed by atoms with Crippen molar-refractivity contribution >= 4 is 11.6 Å². The van der Waals surface area contributed by atoms with Crippen LogP contribution in [-0.2, 0) is 11.3 Å². The number of benzene rings is 2. The van der Waals surface area contributed by atoms with Gasteiger partial charge >= 0.3 is 0 Å². The summed E-state index contributed by atoms with van der Waals surface area (Å²) < 4.78 is 26.7. The molecule has 0 atom stereocenters. The minimum Gasteiger partial charge on any atom is -0.322 e. The van der Waals surface area contributed by atoms with Crippen LogP contribution in [0.25, 0.3) is 11.4 Å². The summed E-state index contributed by atoms with van der Waals surface area (Å²) in [6, 6.07) is 10.6. The number of aromatic nitrogens is 4. The lowest BCUT2D eigenvalue weighted by atomic mass is 10.0. The molecule has 26 heavy (non-hydrogen) atoms. The van der Waals surface area contributed by atoms with Gasteiger partial charge in [0.1, 0.15) is 18.2 Å².